The van der Waals surface area contributed by atoms with Gasteiger partial charge in [-0.3, -0.25) is 19.4 Å². The van der Waals surface area contributed by atoms with E-state index in [0.29, 0.717) is 17.4 Å². The summed E-state index contributed by atoms with van der Waals surface area (Å²) in [5.74, 6) is -2.20. The monoisotopic (exact) mass is 733 g/mol. The lowest BCUT2D eigenvalue weighted by atomic mass is 10.0. The third kappa shape index (κ3) is 11.0. The Bertz CT molecular complexity index is 1940. The number of ketones is 1. The zero-order valence-corrected chi connectivity index (χ0v) is 30.2. The van der Waals surface area contributed by atoms with E-state index in [4.69, 9.17) is 23.1 Å². The molecule has 0 heterocycles. The van der Waals surface area contributed by atoms with Gasteiger partial charge in [0.25, 0.3) is 0 Å². The summed E-state index contributed by atoms with van der Waals surface area (Å²) in [7, 11) is -0.535. The SMILES string of the molecule is CN(C)c1cccc2c(S(=O)(=O)N[C@H](Cc3ccccc3)C(=O)N[C@@H](Cc3ccccc3)C(=O)N[C@@H](CCCN=C(N)N)C(=O)CCl)cccc12. The highest BCUT2D eigenvalue weighted by Gasteiger charge is 2.32. The molecule has 2 amide bonds. The molecule has 0 aliphatic heterocycles. The molecule has 3 atom stereocenters. The molecule has 4 rings (SSSR count). The van der Waals surface area contributed by atoms with Crippen LogP contribution in [0.2, 0.25) is 0 Å². The first-order valence-corrected chi connectivity index (χ1v) is 18.5. The number of anilines is 1. The molecule has 4 aromatic rings. The number of aliphatic imine (C=N–C) groups is 1. The number of carbonyl (C=O) groups excluding carboxylic acids is 3. The number of sulfonamides is 1. The van der Waals surface area contributed by atoms with Crippen LogP contribution in [0.4, 0.5) is 5.69 Å². The second kappa shape index (κ2) is 18.3. The highest BCUT2D eigenvalue weighted by molar-refractivity contribution is 7.89. The first-order chi connectivity index (χ1) is 24.4. The van der Waals surface area contributed by atoms with Crippen molar-refractivity contribution in [3.8, 4) is 0 Å². The number of nitrogens with zero attached hydrogens (tertiary/aromatic N) is 2. The molecular formula is C37H44ClN7O5S. The summed E-state index contributed by atoms with van der Waals surface area (Å²) in [5.41, 5.74) is 13.1. The van der Waals surface area contributed by atoms with Gasteiger partial charge in [0, 0.05) is 43.5 Å². The third-order valence-corrected chi connectivity index (χ3v) is 10.0. The molecule has 0 aliphatic carbocycles. The van der Waals surface area contributed by atoms with E-state index in [-0.39, 0.29) is 42.5 Å². The summed E-state index contributed by atoms with van der Waals surface area (Å²) in [4.78, 5) is 46.6. The van der Waals surface area contributed by atoms with Crippen LogP contribution >= 0.6 is 11.6 Å². The van der Waals surface area contributed by atoms with Crippen molar-refractivity contribution in [2.24, 2.45) is 16.5 Å². The Labute approximate surface area is 303 Å². The van der Waals surface area contributed by atoms with Crippen molar-refractivity contribution in [1.29, 1.82) is 0 Å². The second-order valence-corrected chi connectivity index (χ2v) is 14.2. The molecule has 0 saturated carbocycles. The Morgan fingerprint density at radius 2 is 1.29 bits per heavy atom. The fourth-order valence-corrected chi connectivity index (χ4v) is 7.29. The normalized spacial score (nSPS) is 13.1. The van der Waals surface area contributed by atoms with Gasteiger partial charge in [-0.15, -0.1) is 11.6 Å². The molecule has 0 fully saturated rings. The van der Waals surface area contributed by atoms with E-state index in [2.05, 4.69) is 20.3 Å². The van der Waals surface area contributed by atoms with Crippen LogP contribution < -0.4 is 31.7 Å². The van der Waals surface area contributed by atoms with E-state index >= 15 is 0 Å². The fourth-order valence-electron chi connectivity index (χ4n) is 5.69. The molecule has 0 bridgehead atoms. The van der Waals surface area contributed by atoms with Crippen LogP contribution in [0.5, 0.6) is 0 Å². The highest BCUT2D eigenvalue weighted by Crippen LogP contribution is 2.30. The van der Waals surface area contributed by atoms with Crippen LogP contribution in [0.15, 0.2) is 107 Å². The van der Waals surface area contributed by atoms with Gasteiger partial charge >= 0.3 is 0 Å². The van der Waals surface area contributed by atoms with Gasteiger partial charge in [0.15, 0.2) is 11.7 Å². The molecule has 0 saturated heterocycles. The molecular weight excluding hydrogens is 690 g/mol. The summed E-state index contributed by atoms with van der Waals surface area (Å²) < 4.78 is 30.8. The molecule has 4 aromatic carbocycles. The van der Waals surface area contributed by atoms with Crippen molar-refractivity contribution >= 4 is 61.6 Å². The zero-order valence-electron chi connectivity index (χ0n) is 28.6. The van der Waals surface area contributed by atoms with E-state index in [1.807, 2.05) is 43.3 Å². The molecule has 0 aliphatic rings. The quantitative estimate of drug-likeness (QED) is 0.0447. The van der Waals surface area contributed by atoms with Crippen LogP contribution in [0.25, 0.3) is 10.8 Å². The highest BCUT2D eigenvalue weighted by atomic mass is 35.5. The summed E-state index contributed by atoms with van der Waals surface area (Å²) in [5, 5.41) is 6.74. The molecule has 51 heavy (non-hydrogen) atoms. The van der Waals surface area contributed by atoms with E-state index < -0.39 is 45.7 Å². The average Bonchev–Trinajstić information content (AvgIpc) is 3.11. The Morgan fingerprint density at radius 1 is 0.745 bits per heavy atom. The molecule has 0 aromatic heterocycles. The number of amides is 2. The molecule has 0 radical (unpaired) electrons. The number of Topliss-reactive ketones (excluding diaryl/α,β-unsaturated/α-hetero) is 1. The number of benzene rings is 4. The second-order valence-electron chi connectivity index (χ2n) is 12.2. The van der Waals surface area contributed by atoms with E-state index in [0.717, 1.165) is 16.6 Å². The predicted octanol–water partition coefficient (Wildman–Crippen LogP) is 2.87. The Morgan fingerprint density at radius 3 is 1.88 bits per heavy atom. The van der Waals surface area contributed by atoms with E-state index in [9.17, 15) is 22.8 Å². The number of guanidine groups is 1. The molecule has 14 heteroatoms. The molecule has 0 spiro atoms. The standard InChI is InChI=1S/C37H44ClN7O5S/c1-45(2)32-19-9-17-28-27(32)16-10-20-34(28)51(49,50)44-31(23-26-14-7-4-8-15-26)36(48)43-30(22-25-12-5-3-6-13-25)35(47)42-29(33(46)24-38)18-11-21-41-37(39)40/h3-10,12-17,19-20,29-31,44H,11,18,21-24H2,1-2H3,(H,42,47)(H,43,48)(H4,39,40,41)/t29-,30-,31+/m0/s1. The number of alkyl halides is 1. The van der Waals surface area contributed by atoms with Crippen LogP contribution in [0.1, 0.15) is 24.0 Å². The number of carbonyl (C=O) groups is 3. The largest absolute Gasteiger partial charge is 0.377 e. The lowest BCUT2D eigenvalue weighted by molar-refractivity contribution is -0.131. The number of fused-ring (bicyclic) bond motifs is 1. The summed E-state index contributed by atoms with van der Waals surface area (Å²) in [6, 6.07) is 24.9. The van der Waals surface area contributed by atoms with Gasteiger partial charge in [-0.1, -0.05) is 84.9 Å². The maximum atomic E-state index is 14.2. The Kier molecular flexibility index (Phi) is 13.9. The number of nitrogens with one attached hydrogen (secondary N) is 3. The first kappa shape index (κ1) is 38.8. The lowest BCUT2D eigenvalue weighted by Gasteiger charge is -2.25. The number of halogens is 1. The number of hydrogen-bond donors (Lipinski definition) is 5. The zero-order chi connectivity index (χ0) is 37.0. The number of hydrogen-bond acceptors (Lipinski definition) is 7. The van der Waals surface area contributed by atoms with Gasteiger partial charge < -0.3 is 27.0 Å². The van der Waals surface area contributed by atoms with Crippen molar-refractivity contribution in [2.75, 3.05) is 31.4 Å². The van der Waals surface area contributed by atoms with Gasteiger partial charge in [-0.2, -0.15) is 4.72 Å². The van der Waals surface area contributed by atoms with Crippen LogP contribution in [-0.2, 0) is 37.2 Å². The fraction of sp³-hybridized carbons (Fsp3) is 0.297. The van der Waals surface area contributed by atoms with E-state index in [1.54, 1.807) is 66.7 Å². The van der Waals surface area contributed by atoms with Gasteiger partial charge in [-0.05, 0) is 42.5 Å². The van der Waals surface area contributed by atoms with Gasteiger partial charge in [0.2, 0.25) is 21.8 Å². The molecule has 0 unspecified atom stereocenters. The molecule has 270 valence electrons. The van der Waals surface area contributed by atoms with Crippen molar-refractivity contribution in [3.63, 3.8) is 0 Å². The minimum Gasteiger partial charge on any atom is -0.377 e. The Hall–Kier alpha value is -4.98. The van der Waals surface area contributed by atoms with E-state index in [1.165, 1.54) is 6.07 Å². The maximum absolute atomic E-state index is 14.2. The smallest absolute Gasteiger partial charge is 0.243 e. The summed E-state index contributed by atoms with van der Waals surface area (Å²) >= 11 is 5.87. The van der Waals surface area contributed by atoms with Crippen LogP contribution in [-0.4, -0.2) is 76.6 Å². The lowest BCUT2D eigenvalue weighted by Crippen LogP contribution is -2.57. The first-order valence-electron chi connectivity index (χ1n) is 16.4. The maximum Gasteiger partial charge on any atom is 0.243 e. The number of nitrogens with two attached hydrogens (primary N) is 2. The Balaban J connectivity index is 1.66. The molecule has 7 N–H and O–H groups in total. The third-order valence-electron chi connectivity index (χ3n) is 8.22. The van der Waals surface area contributed by atoms with Crippen molar-refractivity contribution < 1.29 is 22.8 Å². The molecule has 12 nitrogen and oxygen atoms in total. The van der Waals surface area contributed by atoms with Crippen LogP contribution in [0, 0.1) is 0 Å². The van der Waals surface area contributed by atoms with Gasteiger partial charge in [0.05, 0.1) is 16.8 Å². The van der Waals surface area contributed by atoms with Crippen molar-refractivity contribution in [1.82, 2.24) is 15.4 Å². The topological polar surface area (TPSA) is 189 Å². The van der Waals surface area contributed by atoms with Crippen molar-refractivity contribution in [3.05, 3.63) is 108 Å². The van der Waals surface area contributed by atoms with Gasteiger partial charge in [-0.25, -0.2) is 8.42 Å². The minimum atomic E-state index is -4.28. The minimum absolute atomic E-state index is 0.00254. The van der Waals surface area contributed by atoms with Gasteiger partial charge in [0.1, 0.15) is 12.1 Å². The van der Waals surface area contributed by atoms with Crippen LogP contribution in [0.3, 0.4) is 0 Å². The summed E-state index contributed by atoms with van der Waals surface area (Å²) in [6.45, 7) is 0.239. The average molecular weight is 734 g/mol. The summed E-state index contributed by atoms with van der Waals surface area (Å²) in [6.07, 6.45) is 0.649. The van der Waals surface area contributed by atoms with Crippen molar-refractivity contribution in [2.45, 2.75) is 48.7 Å². The number of rotatable bonds is 18. The predicted molar refractivity (Wildman–Crippen MR) is 202 cm³/mol.